The second-order valence-electron chi connectivity index (χ2n) is 10.8. The molecule has 0 aromatic heterocycles. The molecule has 43 heavy (non-hydrogen) atoms. The van der Waals surface area contributed by atoms with Crippen LogP contribution in [0.5, 0.6) is 0 Å². The summed E-state index contributed by atoms with van der Waals surface area (Å²) in [6, 6.07) is 54.9. The molecular formula is C41H35NO. The summed E-state index contributed by atoms with van der Waals surface area (Å²) >= 11 is 0. The highest BCUT2D eigenvalue weighted by atomic mass is 16.1. The predicted octanol–water partition coefficient (Wildman–Crippen LogP) is 11.5. The lowest BCUT2D eigenvalue weighted by Crippen LogP contribution is -2.10. The minimum absolute atomic E-state index is 0.200. The lowest BCUT2D eigenvalue weighted by atomic mass is 9.87. The number of rotatable bonds is 10. The summed E-state index contributed by atoms with van der Waals surface area (Å²) < 4.78 is 0. The van der Waals surface area contributed by atoms with Crippen molar-refractivity contribution in [3.05, 3.63) is 163 Å². The first-order valence-electron chi connectivity index (χ1n) is 15.1. The highest BCUT2D eigenvalue weighted by Gasteiger charge is 2.19. The number of Topliss-reactive ketones (excluding diaryl/α,β-unsaturated/α-hetero) is 1. The van der Waals surface area contributed by atoms with Gasteiger partial charge < -0.3 is 4.90 Å². The SMILES string of the molecule is CCCCC(=O)c1ccc(-c2ccc(N(c3ccccc3)c3ccccc3)cc2-c2ccccc2)c(-c2ccccc2)c1. The molecule has 210 valence electrons. The molecule has 0 N–H and O–H groups in total. The van der Waals surface area contributed by atoms with Crippen molar-refractivity contribution in [3.8, 4) is 33.4 Å². The van der Waals surface area contributed by atoms with Crippen LogP contribution in [0, 0.1) is 0 Å². The molecule has 0 aliphatic rings. The molecule has 0 heterocycles. The van der Waals surface area contributed by atoms with Crippen molar-refractivity contribution >= 4 is 22.8 Å². The van der Waals surface area contributed by atoms with Crippen LogP contribution in [0.25, 0.3) is 33.4 Å². The predicted molar refractivity (Wildman–Crippen MR) is 181 cm³/mol. The van der Waals surface area contributed by atoms with Crippen molar-refractivity contribution in [1.82, 2.24) is 0 Å². The third-order valence-electron chi connectivity index (χ3n) is 7.85. The van der Waals surface area contributed by atoms with Gasteiger partial charge in [0, 0.05) is 29.0 Å². The Morgan fingerprint density at radius 2 is 0.953 bits per heavy atom. The average Bonchev–Trinajstić information content (AvgIpc) is 3.09. The first kappa shape index (κ1) is 27.9. The van der Waals surface area contributed by atoms with Crippen molar-refractivity contribution in [2.45, 2.75) is 26.2 Å². The zero-order chi connectivity index (χ0) is 29.4. The Hall–Kier alpha value is -5.21. The van der Waals surface area contributed by atoms with E-state index in [1.807, 2.05) is 24.3 Å². The number of carbonyl (C=O) groups is 1. The maximum atomic E-state index is 13.1. The zero-order valence-electron chi connectivity index (χ0n) is 24.5. The van der Waals surface area contributed by atoms with Gasteiger partial charge in [-0.15, -0.1) is 0 Å². The van der Waals surface area contributed by atoms with Crippen LogP contribution in [0.3, 0.4) is 0 Å². The molecule has 2 heteroatoms. The van der Waals surface area contributed by atoms with Crippen LogP contribution in [0.2, 0.25) is 0 Å². The van der Waals surface area contributed by atoms with Gasteiger partial charge in [-0.25, -0.2) is 0 Å². The molecular weight excluding hydrogens is 522 g/mol. The summed E-state index contributed by atoms with van der Waals surface area (Å²) in [5.41, 5.74) is 10.7. The Morgan fingerprint density at radius 1 is 0.488 bits per heavy atom. The Bertz CT molecular complexity index is 1760. The van der Waals surface area contributed by atoms with E-state index in [9.17, 15) is 4.79 Å². The largest absolute Gasteiger partial charge is 0.310 e. The summed E-state index contributed by atoms with van der Waals surface area (Å²) in [6.45, 7) is 2.12. The third kappa shape index (κ3) is 6.19. The normalized spacial score (nSPS) is 10.8. The van der Waals surface area contributed by atoms with Gasteiger partial charge >= 0.3 is 0 Å². The van der Waals surface area contributed by atoms with Gasteiger partial charge in [0.15, 0.2) is 5.78 Å². The molecule has 6 aromatic carbocycles. The minimum Gasteiger partial charge on any atom is -0.310 e. The smallest absolute Gasteiger partial charge is 0.162 e. The van der Waals surface area contributed by atoms with Gasteiger partial charge in [0.25, 0.3) is 0 Å². The highest BCUT2D eigenvalue weighted by Crippen LogP contribution is 2.43. The second kappa shape index (κ2) is 13.2. The van der Waals surface area contributed by atoms with Gasteiger partial charge in [-0.1, -0.05) is 129 Å². The molecule has 0 bridgehead atoms. The van der Waals surface area contributed by atoms with Crippen molar-refractivity contribution in [2.24, 2.45) is 0 Å². The molecule has 0 aliphatic carbocycles. The number of anilines is 3. The molecule has 0 radical (unpaired) electrons. The van der Waals surface area contributed by atoms with Crippen LogP contribution in [0.4, 0.5) is 17.1 Å². The monoisotopic (exact) mass is 557 g/mol. The fraction of sp³-hybridized carbons (Fsp3) is 0.0976. The summed E-state index contributed by atoms with van der Waals surface area (Å²) in [5, 5.41) is 0. The highest BCUT2D eigenvalue weighted by molar-refractivity contribution is 6.01. The van der Waals surface area contributed by atoms with Crippen molar-refractivity contribution < 1.29 is 4.79 Å². The molecule has 0 fully saturated rings. The molecule has 0 amide bonds. The second-order valence-corrected chi connectivity index (χ2v) is 10.8. The Morgan fingerprint density at radius 3 is 1.47 bits per heavy atom. The quantitative estimate of drug-likeness (QED) is 0.156. The van der Waals surface area contributed by atoms with E-state index in [-0.39, 0.29) is 5.78 Å². The van der Waals surface area contributed by atoms with E-state index < -0.39 is 0 Å². The van der Waals surface area contributed by atoms with Crippen LogP contribution in [0.1, 0.15) is 36.5 Å². The maximum Gasteiger partial charge on any atom is 0.162 e. The zero-order valence-corrected chi connectivity index (χ0v) is 24.5. The first-order valence-corrected chi connectivity index (χ1v) is 15.1. The van der Waals surface area contributed by atoms with E-state index in [4.69, 9.17) is 0 Å². The molecule has 0 saturated carbocycles. The van der Waals surface area contributed by atoms with E-state index >= 15 is 0 Å². The van der Waals surface area contributed by atoms with Crippen molar-refractivity contribution in [2.75, 3.05) is 4.90 Å². The third-order valence-corrected chi connectivity index (χ3v) is 7.85. The van der Waals surface area contributed by atoms with Crippen molar-refractivity contribution in [3.63, 3.8) is 0 Å². The number of nitrogens with zero attached hydrogens (tertiary/aromatic N) is 1. The molecule has 0 saturated heterocycles. The number of para-hydroxylation sites is 2. The standard InChI is InChI=1S/C41H35NO/c1-2-3-24-41(43)33-25-27-37(39(29-33)31-16-8-4-9-17-31)38-28-26-36(30-40(38)32-18-10-5-11-19-32)42(34-20-12-6-13-21-34)35-22-14-7-15-23-35/h4-23,25-30H,2-3,24H2,1H3. The van der Waals surface area contributed by atoms with Gasteiger partial charge in [0.1, 0.15) is 0 Å². The van der Waals surface area contributed by atoms with E-state index in [0.717, 1.165) is 68.8 Å². The number of hydrogen-bond donors (Lipinski definition) is 0. The molecule has 6 rings (SSSR count). The van der Waals surface area contributed by atoms with E-state index in [0.29, 0.717) is 6.42 Å². The summed E-state index contributed by atoms with van der Waals surface area (Å²) in [4.78, 5) is 15.4. The topological polar surface area (TPSA) is 20.3 Å². The number of benzene rings is 6. The minimum atomic E-state index is 0.200. The molecule has 0 atom stereocenters. The molecule has 0 aliphatic heterocycles. The van der Waals surface area contributed by atoms with E-state index in [1.165, 1.54) is 0 Å². The first-order chi connectivity index (χ1) is 21.2. The molecule has 0 spiro atoms. The van der Waals surface area contributed by atoms with Crippen LogP contribution in [-0.2, 0) is 0 Å². The maximum absolute atomic E-state index is 13.1. The van der Waals surface area contributed by atoms with Crippen LogP contribution >= 0.6 is 0 Å². The summed E-state index contributed by atoms with van der Waals surface area (Å²) in [7, 11) is 0. The van der Waals surface area contributed by atoms with Gasteiger partial charge in [-0.3, -0.25) is 4.79 Å². The summed E-state index contributed by atoms with van der Waals surface area (Å²) in [5.74, 6) is 0.200. The Labute approximate surface area is 254 Å². The van der Waals surface area contributed by atoms with Gasteiger partial charge in [-0.2, -0.15) is 0 Å². The van der Waals surface area contributed by atoms with Crippen LogP contribution in [0.15, 0.2) is 158 Å². The molecule has 2 nitrogen and oxygen atoms in total. The molecule has 6 aromatic rings. The van der Waals surface area contributed by atoms with Crippen molar-refractivity contribution in [1.29, 1.82) is 0 Å². The molecule has 0 unspecified atom stereocenters. The van der Waals surface area contributed by atoms with Gasteiger partial charge in [0.2, 0.25) is 0 Å². The van der Waals surface area contributed by atoms with Crippen LogP contribution in [-0.4, -0.2) is 5.78 Å². The Balaban J connectivity index is 1.56. The Kier molecular flexibility index (Phi) is 8.56. The number of carbonyl (C=O) groups excluding carboxylic acids is 1. The number of hydrogen-bond acceptors (Lipinski definition) is 2. The summed E-state index contributed by atoms with van der Waals surface area (Å²) in [6.07, 6.45) is 2.48. The number of unbranched alkanes of at least 4 members (excludes halogenated alkanes) is 1. The van der Waals surface area contributed by atoms with Gasteiger partial charge in [0.05, 0.1) is 0 Å². The lowest BCUT2D eigenvalue weighted by molar-refractivity contribution is 0.0980. The fourth-order valence-corrected chi connectivity index (χ4v) is 5.65. The van der Waals surface area contributed by atoms with E-state index in [2.05, 4.69) is 145 Å². The van der Waals surface area contributed by atoms with Gasteiger partial charge in [-0.05, 0) is 82.3 Å². The van der Waals surface area contributed by atoms with Crippen LogP contribution < -0.4 is 4.90 Å². The number of ketones is 1. The average molecular weight is 558 g/mol. The fourth-order valence-electron chi connectivity index (χ4n) is 5.65. The lowest BCUT2D eigenvalue weighted by Gasteiger charge is -2.27. The van der Waals surface area contributed by atoms with E-state index in [1.54, 1.807) is 0 Å².